The third-order valence-corrected chi connectivity index (χ3v) is 3.15. The highest BCUT2D eigenvalue weighted by Gasteiger charge is 2.13. The predicted molar refractivity (Wildman–Crippen MR) is 74.7 cm³/mol. The molecule has 4 heteroatoms. The molecule has 0 saturated carbocycles. The molecule has 2 rings (SSSR count). The molecule has 0 spiro atoms. The Balaban J connectivity index is 2.03. The molecule has 0 saturated heterocycles. The zero-order valence-electron chi connectivity index (χ0n) is 10.5. The van der Waals surface area contributed by atoms with Gasteiger partial charge in [-0.2, -0.15) is 0 Å². The van der Waals surface area contributed by atoms with Crippen molar-refractivity contribution >= 4 is 0 Å². The van der Waals surface area contributed by atoms with Crippen LogP contribution in [0.4, 0.5) is 0 Å². The van der Waals surface area contributed by atoms with E-state index >= 15 is 0 Å². The first kappa shape index (κ1) is 13.4. The van der Waals surface area contributed by atoms with Crippen molar-refractivity contribution in [3.63, 3.8) is 0 Å². The largest absolute Gasteiger partial charge is 0.508 e. The van der Waals surface area contributed by atoms with E-state index in [1.807, 2.05) is 0 Å². The summed E-state index contributed by atoms with van der Waals surface area (Å²) in [6, 6.07) is 13.2. The monoisotopic (exact) mass is 258 g/mol. The Morgan fingerprint density at radius 3 is 1.32 bits per heavy atom. The van der Waals surface area contributed by atoms with E-state index in [0.717, 1.165) is 11.1 Å². The molecule has 0 aliphatic carbocycles. The van der Waals surface area contributed by atoms with Crippen LogP contribution in [0.5, 0.6) is 11.5 Å². The third kappa shape index (κ3) is 3.47. The average molecular weight is 258 g/mol. The van der Waals surface area contributed by atoms with Crippen LogP contribution in [0.2, 0.25) is 0 Å². The molecule has 0 heterocycles. The van der Waals surface area contributed by atoms with E-state index in [2.05, 4.69) is 0 Å². The minimum atomic E-state index is -0.190. The highest BCUT2D eigenvalue weighted by molar-refractivity contribution is 5.30. The number of aromatic hydroxyl groups is 2. The molecule has 0 amide bonds. The summed E-state index contributed by atoms with van der Waals surface area (Å²) in [6.45, 7) is 0. The maximum absolute atomic E-state index is 9.24. The standard InChI is InChI=1S/C15H18N2O2/c16-14(10-1-5-12(18)6-2-10)9-15(17)11-3-7-13(19)8-4-11/h1-8,14-15,18-19H,9,16-17H2. The van der Waals surface area contributed by atoms with Crippen LogP contribution < -0.4 is 11.5 Å². The first-order valence-electron chi connectivity index (χ1n) is 6.15. The van der Waals surface area contributed by atoms with Gasteiger partial charge >= 0.3 is 0 Å². The molecular weight excluding hydrogens is 240 g/mol. The molecule has 0 bridgehead atoms. The molecule has 2 aromatic rings. The van der Waals surface area contributed by atoms with Gasteiger partial charge in [0.15, 0.2) is 0 Å². The van der Waals surface area contributed by atoms with Crippen molar-refractivity contribution in [1.29, 1.82) is 0 Å². The van der Waals surface area contributed by atoms with Crippen molar-refractivity contribution in [3.05, 3.63) is 59.7 Å². The van der Waals surface area contributed by atoms with Crippen molar-refractivity contribution in [2.24, 2.45) is 11.5 Å². The fourth-order valence-corrected chi connectivity index (χ4v) is 1.99. The summed E-state index contributed by atoms with van der Waals surface area (Å²) in [5, 5.41) is 18.5. The first-order valence-corrected chi connectivity index (χ1v) is 6.15. The second-order valence-electron chi connectivity index (χ2n) is 4.63. The SMILES string of the molecule is NC(CC(N)c1ccc(O)cc1)c1ccc(O)cc1. The molecule has 2 atom stereocenters. The summed E-state index contributed by atoms with van der Waals surface area (Å²) < 4.78 is 0. The lowest BCUT2D eigenvalue weighted by Crippen LogP contribution is -2.19. The number of rotatable bonds is 4. The van der Waals surface area contributed by atoms with Crippen molar-refractivity contribution in [2.75, 3.05) is 0 Å². The highest BCUT2D eigenvalue weighted by Crippen LogP contribution is 2.25. The average Bonchev–Trinajstić information content (AvgIpc) is 2.40. The summed E-state index contributed by atoms with van der Waals surface area (Å²) in [6.07, 6.45) is 0.593. The first-order chi connectivity index (χ1) is 9.06. The van der Waals surface area contributed by atoms with Crippen LogP contribution >= 0.6 is 0 Å². The van der Waals surface area contributed by atoms with Crippen molar-refractivity contribution in [2.45, 2.75) is 18.5 Å². The molecule has 0 fully saturated rings. The van der Waals surface area contributed by atoms with E-state index in [9.17, 15) is 10.2 Å². The van der Waals surface area contributed by atoms with Gasteiger partial charge in [-0.15, -0.1) is 0 Å². The molecule has 4 nitrogen and oxygen atoms in total. The van der Waals surface area contributed by atoms with Gasteiger partial charge in [-0.3, -0.25) is 0 Å². The molecule has 0 aliphatic heterocycles. The van der Waals surface area contributed by atoms with Crippen LogP contribution in [0, 0.1) is 0 Å². The maximum Gasteiger partial charge on any atom is 0.115 e. The van der Waals surface area contributed by atoms with Gasteiger partial charge in [0, 0.05) is 12.1 Å². The van der Waals surface area contributed by atoms with Crippen LogP contribution in [0.1, 0.15) is 29.6 Å². The van der Waals surface area contributed by atoms with Crippen molar-refractivity contribution in [1.82, 2.24) is 0 Å². The summed E-state index contributed by atoms with van der Waals surface area (Å²) in [5.41, 5.74) is 14.1. The summed E-state index contributed by atoms with van der Waals surface area (Å²) in [7, 11) is 0. The van der Waals surface area contributed by atoms with Crippen LogP contribution in [-0.2, 0) is 0 Å². The van der Waals surface area contributed by atoms with E-state index in [1.165, 1.54) is 0 Å². The number of hydrogen-bond donors (Lipinski definition) is 4. The Bertz CT molecular complexity index is 473. The summed E-state index contributed by atoms with van der Waals surface area (Å²) in [4.78, 5) is 0. The Hall–Kier alpha value is -2.04. The third-order valence-electron chi connectivity index (χ3n) is 3.15. The summed E-state index contributed by atoms with van der Waals surface area (Å²) in [5.74, 6) is 0.442. The van der Waals surface area contributed by atoms with E-state index in [-0.39, 0.29) is 23.6 Å². The molecule has 6 N–H and O–H groups in total. The summed E-state index contributed by atoms with van der Waals surface area (Å²) >= 11 is 0. The molecular formula is C15H18N2O2. The number of nitrogens with two attached hydrogens (primary N) is 2. The van der Waals surface area contributed by atoms with Gasteiger partial charge < -0.3 is 21.7 Å². The van der Waals surface area contributed by atoms with Crippen LogP contribution in [0.15, 0.2) is 48.5 Å². The number of benzene rings is 2. The lowest BCUT2D eigenvalue weighted by Gasteiger charge is -2.18. The molecule has 0 radical (unpaired) electrons. The van der Waals surface area contributed by atoms with Gasteiger partial charge in [-0.05, 0) is 41.8 Å². The topological polar surface area (TPSA) is 92.5 Å². The van der Waals surface area contributed by atoms with Gasteiger partial charge in [0.2, 0.25) is 0 Å². The van der Waals surface area contributed by atoms with Crippen molar-refractivity contribution < 1.29 is 10.2 Å². The molecule has 100 valence electrons. The quantitative estimate of drug-likeness (QED) is 0.676. The number of phenolic OH excluding ortho intramolecular Hbond substituents is 2. The fourth-order valence-electron chi connectivity index (χ4n) is 1.99. The molecule has 0 aromatic heterocycles. The Labute approximate surface area is 112 Å². The Kier molecular flexibility index (Phi) is 4.04. The van der Waals surface area contributed by atoms with Crippen molar-refractivity contribution in [3.8, 4) is 11.5 Å². The van der Waals surface area contributed by atoms with Gasteiger partial charge in [-0.1, -0.05) is 24.3 Å². The van der Waals surface area contributed by atoms with Gasteiger partial charge in [-0.25, -0.2) is 0 Å². The lowest BCUT2D eigenvalue weighted by molar-refractivity contribution is 0.474. The fraction of sp³-hybridized carbons (Fsp3) is 0.200. The smallest absolute Gasteiger partial charge is 0.115 e. The van der Waals surface area contributed by atoms with Crippen LogP contribution in [-0.4, -0.2) is 10.2 Å². The van der Waals surface area contributed by atoms with E-state index in [4.69, 9.17) is 11.5 Å². The Morgan fingerprint density at radius 2 is 1.00 bits per heavy atom. The molecule has 0 aliphatic rings. The minimum Gasteiger partial charge on any atom is -0.508 e. The number of hydrogen-bond acceptors (Lipinski definition) is 4. The Morgan fingerprint density at radius 1 is 0.684 bits per heavy atom. The zero-order valence-corrected chi connectivity index (χ0v) is 10.5. The van der Waals surface area contributed by atoms with Gasteiger partial charge in [0.25, 0.3) is 0 Å². The molecule has 19 heavy (non-hydrogen) atoms. The maximum atomic E-state index is 9.24. The zero-order chi connectivity index (χ0) is 13.8. The van der Waals surface area contributed by atoms with E-state index in [1.54, 1.807) is 48.5 Å². The molecule has 2 unspecified atom stereocenters. The lowest BCUT2D eigenvalue weighted by atomic mass is 9.96. The predicted octanol–water partition coefficient (Wildman–Crippen LogP) is 2.19. The second kappa shape index (κ2) is 5.73. The van der Waals surface area contributed by atoms with E-state index < -0.39 is 0 Å². The number of phenols is 2. The second-order valence-corrected chi connectivity index (χ2v) is 4.63. The van der Waals surface area contributed by atoms with Crippen LogP contribution in [0.25, 0.3) is 0 Å². The normalized spacial score (nSPS) is 14.0. The van der Waals surface area contributed by atoms with Gasteiger partial charge in [0.1, 0.15) is 11.5 Å². The van der Waals surface area contributed by atoms with Crippen LogP contribution in [0.3, 0.4) is 0 Å². The van der Waals surface area contributed by atoms with E-state index in [0.29, 0.717) is 6.42 Å². The minimum absolute atomic E-state index is 0.190. The highest BCUT2D eigenvalue weighted by atomic mass is 16.3. The van der Waals surface area contributed by atoms with Gasteiger partial charge in [0.05, 0.1) is 0 Å². The molecule has 2 aromatic carbocycles.